The molecule has 0 atom stereocenters. The van der Waals surface area contributed by atoms with E-state index in [1.165, 1.54) is 30.4 Å². The predicted molar refractivity (Wildman–Crippen MR) is 120 cm³/mol. The molecule has 1 aliphatic rings. The molecule has 0 amide bonds. The first-order chi connectivity index (χ1) is 14.3. The smallest absolute Gasteiger partial charge is 0.134 e. The molecule has 1 N–H and O–H groups in total. The highest BCUT2D eigenvalue weighted by Gasteiger charge is 2.21. The molecule has 1 aromatic heterocycles. The monoisotopic (exact) mass is 386 g/mol. The number of hydrogen-bond acceptors (Lipinski definition) is 4. The van der Waals surface area contributed by atoms with Crippen LogP contribution in [-0.2, 0) is 12.8 Å². The van der Waals surface area contributed by atoms with Crippen LogP contribution in [0.4, 0.5) is 11.6 Å². The third-order valence-electron chi connectivity index (χ3n) is 5.69. The van der Waals surface area contributed by atoms with Gasteiger partial charge in [0.1, 0.15) is 17.5 Å². The Morgan fingerprint density at radius 1 is 0.897 bits per heavy atom. The average Bonchev–Trinajstić information content (AvgIpc) is 2.75. The molecule has 3 aromatic rings. The zero-order chi connectivity index (χ0) is 19.9. The summed E-state index contributed by atoms with van der Waals surface area (Å²) in [5.41, 5.74) is 2.79. The fourth-order valence-electron chi connectivity index (χ4n) is 4.10. The number of aromatic nitrogens is 2. The molecule has 0 aliphatic carbocycles. The largest absolute Gasteiger partial charge is 0.370 e. The first-order valence-electron chi connectivity index (χ1n) is 10.7. The van der Waals surface area contributed by atoms with Crippen molar-refractivity contribution in [2.24, 2.45) is 5.92 Å². The predicted octanol–water partition coefficient (Wildman–Crippen LogP) is 4.90. The van der Waals surface area contributed by atoms with Gasteiger partial charge in [0.25, 0.3) is 0 Å². The average molecular weight is 387 g/mol. The molecule has 1 saturated heterocycles. The van der Waals surface area contributed by atoms with Crippen molar-refractivity contribution in [3.05, 3.63) is 83.7 Å². The van der Waals surface area contributed by atoms with E-state index in [0.717, 1.165) is 49.4 Å². The van der Waals surface area contributed by atoms with Crippen LogP contribution >= 0.6 is 0 Å². The highest BCUT2D eigenvalue weighted by Crippen LogP contribution is 2.26. The lowest BCUT2D eigenvalue weighted by atomic mass is 9.90. The standard InChI is InChI=1S/C25H30N4/c1-20-27-24(26-15-12-21-8-4-2-5-9-21)19-25(28-20)29-16-13-23(14-17-29)18-22-10-6-3-7-11-22/h2-11,19,23H,12-18H2,1H3,(H,26,27,28). The number of rotatable bonds is 7. The van der Waals surface area contributed by atoms with Crippen molar-refractivity contribution in [1.82, 2.24) is 9.97 Å². The van der Waals surface area contributed by atoms with Gasteiger partial charge in [-0.15, -0.1) is 0 Å². The van der Waals surface area contributed by atoms with E-state index in [4.69, 9.17) is 4.98 Å². The summed E-state index contributed by atoms with van der Waals surface area (Å²) >= 11 is 0. The molecule has 2 aromatic carbocycles. The quantitative estimate of drug-likeness (QED) is 0.627. The minimum atomic E-state index is 0.764. The lowest BCUT2D eigenvalue weighted by Crippen LogP contribution is -2.35. The zero-order valence-electron chi connectivity index (χ0n) is 17.2. The summed E-state index contributed by atoms with van der Waals surface area (Å²) in [5.74, 6) is 3.57. The fourth-order valence-corrected chi connectivity index (χ4v) is 4.10. The highest BCUT2D eigenvalue weighted by molar-refractivity contribution is 5.49. The molecule has 0 saturated carbocycles. The zero-order valence-corrected chi connectivity index (χ0v) is 17.2. The Bertz CT molecular complexity index is 887. The first-order valence-corrected chi connectivity index (χ1v) is 10.7. The van der Waals surface area contributed by atoms with Crippen LogP contribution in [0.2, 0.25) is 0 Å². The summed E-state index contributed by atoms with van der Waals surface area (Å²) < 4.78 is 0. The Morgan fingerprint density at radius 3 is 2.24 bits per heavy atom. The lowest BCUT2D eigenvalue weighted by Gasteiger charge is -2.33. The molecule has 0 unspecified atom stereocenters. The van der Waals surface area contributed by atoms with Crippen molar-refractivity contribution in [3.8, 4) is 0 Å². The SMILES string of the molecule is Cc1nc(NCCc2ccccc2)cc(N2CCC(Cc3ccccc3)CC2)n1. The van der Waals surface area contributed by atoms with E-state index >= 15 is 0 Å². The van der Waals surface area contributed by atoms with E-state index in [2.05, 4.69) is 81.9 Å². The number of aryl methyl sites for hydroxylation is 1. The van der Waals surface area contributed by atoms with Crippen molar-refractivity contribution in [2.45, 2.75) is 32.6 Å². The Hall–Kier alpha value is -2.88. The third kappa shape index (κ3) is 5.57. The van der Waals surface area contributed by atoms with Crippen molar-refractivity contribution >= 4 is 11.6 Å². The number of piperidine rings is 1. The Balaban J connectivity index is 1.32. The summed E-state index contributed by atoms with van der Waals surface area (Å²) in [4.78, 5) is 11.7. The fraction of sp³-hybridized carbons (Fsp3) is 0.360. The summed E-state index contributed by atoms with van der Waals surface area (Å²) in [6.45, 7) is 4.99. The van der Waals surface area contributed by atoms with Crippen LogP contribution in [0.1, 0.15) is 29.8 Å². The van der Waals surface area contributed by atoms with Crippen LogP contribution in [0, 0.1) is 12.8 Å². The number of hydrogen-bond donors (Lipinski definition) is 1. The summed E-state index contributed by atoms with van der Waals surface area (Å²) in [6.07, 6.45) is 4.61. The van der Waals surface area contributed by atoms with Crippen LogP contribution in [0.3, 0.4) is 0 Å². The van der Waals surface area contributed by atoms with E-state index in [1.807, 2.05) is 6.92 Å². The molecule has 0 radical (unpaired) electrons. The van der Waals surface area contributed by atoms with Crippen LogP contribution in [0.5, 0.6) is 0 Å². The van der Waals surface area contributed by atoms with Gasteiger partial charge in [-0.1, -0.05) is 60.7 Å². The second kappa shape index (κ2) is 9.55. The highest BCUT2D eigenvalue weighted by atomic mass is 15.2. The van der Waals surface area contributed by atoms with E-state index < -0.39 is 0 Å². The molecule has 150 valence electrons. The van der Waals surface area contributed by atoms with Gasteiger partial charge in [0.05, 0.1) is 0 Å². The van der Waals surface area contributed by atoms with Gasteiger partial charge in [-0.2, -0.15) is 0 Å². The molecule has 1 aliphatic heterocycles. The third-order valence-corrected chi connectivity index (χ3v) is 5.69. The Labute approximate surface area is 174 Å². The second-order valence-electron chi connectivity index (χ2n) is 7.94. The normalized spacial score (nSPS) is 14.7. The van der Waals surface area contributed by atoms with E-state index in [-0.39, 0.29) is 0 Å². The van der Waals surface area contributed by atoms with Gasteiger partial charge in [0.15, 0.2) is 0 Å². The van der Waals surface area contributed by atoms with E-state index in [1.54, 1.807) is 0 Å². The first kappa shape index (κ1) is 19.4. The maximum Gasteiger partial charge on any atom is 0.134 e. The lowest BCUT2D eigenvalue weighted by molar-refractivity contribution is 0.402. The van der Waals surface area contributed by atoms with Crippen molar-refractivity contribution in [2.75, 3.05) is 29.9 Å². The molecular formula is C25H30N4. The number of anilines is 2. The maximum absolute atomic E-state index is 4.71. The maximum atomic E-state index is 4.71. The number of benzene rings is 2. The molecule has 0 bridgehead atoms. The van der Waals surface area contributed by atoms with Crippen molar-refractivity contribution in [3.63, 3.8) is 0 Å². The molecule has 4 nitrogen and oxygen atoms in total. The van der Waals surface area contributed by atoms with Crippen molar-refractivity contribution in [1.29, 1.82) is 0 Å². The van der Waals surface area contributed by atoms with Gasteiger partial charge in [0.2, 0.25) is 0 Å². The van der Waals surface area contributed by atoms with Crippen LogP contribution < -0.4 is 10.2 Å². The summed E-state index contributed by atoms with van der Waals surface area (Å²) in [6, 6.07) is 23.5. The molecular weight excluding hydrogens is 356 g/mol. The molecule has 4 rings (SSSR count). The van der Waals surface area contributed by atoms with Crippen LogP contribution in [-0.4, -0.2) is 29.6 Å². The molecule has 0 spiro atoms. The van der Waals surface area contributed by atoms with Gasteiger partial charge in [-0.25, -0.2) is 9.97 Å². The summed E-state index contributed by atoms with van der Waals surface area (Å²) in [5, 5.41) is 3.48. The van der Waals surface area contributed by atoms with E-state index in [0.29, 0.717) is 0 Å². The molecule has 4 heteroatoms. The topological polar surface area (TPSA) is 41.1 Å². The number of nitrogens with one attached hydrogen (secondary N) is 1. The molecule has 29 heavy (non-hydrogen) atoms. The van der Waals surface area contributed by atoms with Crippen LogP contribution in [0.15, 0.2) is 66.7 Å². The Kier molecular flexibility index (Phi) is 6.40. The van der Waals surface area contributed by atoms with Gasteiger partial charge < -0.3 is 10.2 Å². The number of nitrogens with zero attached hydrogens (tertiary/aromatic N) is 3. The molecule has 2 heterocycles. The Morgan fingerprint density at radius 2 is 1.55 bits per heavy atom. The molecule has 1 fully saturated rings. The van der Waals surface area contributed by atoms with Gasteiger partial charge >= 0.3 is 0 Å². The van der Waals surface area contributed by atoms with Crippen LogP contribution in [0.25, 0.3) is 0 Å². The van der Waals surface area contributed by atoms with E-state index in [9.17, 15) is 0 Å². The van der Waals surface area contributed by atoms with Gasteiger partial charge in [-0.3, -0.25) is 0 Å². The van der Waals surface area contributed by atoms with Gasteiger partial charge in [0, 0.05) is 25.7 Å². The minimum Gasteiger partial charge on any atom is -0.370 e. The van der Waals surface area contributed by atoms with Gasteiger partial charge in [-0.05, 0) is 49.7 Å². The van der Waals surface area contributed by atoms with Crippen molar-refractivity contribution < 1.29 is 0 Å². The summed E-state index contributed by atoms with van der Waals surface area (Å²) in [7, 11) is 0. The minimum absolute atomic E-state index is 0.764. The second-order valence-corrected chi connectivity index (χ2v) is 7.94.